The number of carbonyl (C=O) groups excluding carboxylic acids is 1. The number of aliphatic hydroxyl groups is 3. The molecule has 0 aromatic heterocycles. The summed E-state index contributed by atoms with van der Waals surface area (Å²) in [6.45, 7) is 6.67. The maximum atomic E-state index is 13.0. The monoisotopic (exact) mass is 590 g/mol. The molecule has 8 nitrogen and oxygen atoms in total. The average molecular weight is 591 g/mol. The summed E-state index contributed by atoms with van der Waals surface area (Å²) in [5.74, 6) is 0.232. The first kappa shape index (κ1) is 30.9. The molecule has 5 rings (SSSR count). The van der Waals surface area contributed by atoms with Gasteiger partial charge in [-0.1, -0.05) is 51.1 Å². The number of hydrogen-bond donors (Lipinski definition) is 4. The predicted octanol–water partition coefficient (Wildman–Crippen LogP) is 3.77. The minimum absolute atomic E-state index is 0.0279. The van der Waals surface area contributed by atoms with E-state index in [0.29, 0.717) is 18.4 Å². The Morgan fingerprint density at radius 1 is 1.05 bits per heavy atom. The van der Waals surface area contributed by atoms with Crippen LogP contribution in [0.25, 0.3) is 0 Å². The lowest BCUT2D eigenvalue weighted by atomic mass is 9.43. The largest absolute Gasteiger partial charge is 0.748 e. The number of hydrogen-bond acceptors (Lipinski definition) is 7. The first-order valence-electron chi connectivity index (χ1n) is 15.6. The van der Waals surface area contributed by atoms with E-state index in [2.05, 4.69) is 26.1 Å². The molecule has 0 aliphatic heterocycles. The Balaban J connectivity index is 1.26. The number of amides is 1. The van der Waals surface area contributed by atoms with Crippen molar-refractivity contribution in [1.29, 1.82) is 0 Å². The summed E-state index contributed by atoms with van der Waals surface area (Å²) in [5, 5.41) is 36.3. The molecule has 1 aromatic carbocycles. The highest BCUT2D eigenvalue weighted by Crippen LogP contribution is 2.68. The van der Waals surface area contributed by atoms with Gasteiger partial charge in [-0.05, 0) is 103 Å². The first-order chi connectivity index (χ1) is 19.2. The van der Waals surface area contributed by atoms with Gasteiger partial charge in [0.25, 0.3) is 0 Å². The van der Waals surface area contributed by atoms with Crippen molar-refractivity contribution < 1.29 is 33.1 Å². The summed E-state index contributed by atoms with van der Waals surface area (Å²) in [6.07, 6.45) is 5.34. The van der Waals surface area contributed by atoms with Gasteiger partial charge in [-0.3, -0.25) is 4.79 Å². The maximum absolute atomic E-state index is 13.0. The van der Waals surface area contributed by atoms with Gasteiger partial charge in [0.1, 0.15) is 0 Å². The third-order valence-electron chi connectivity index (χ3n) is 12.3. The number of nitrogens with one attached hydrogen (secondary N) is 1. The number of fused-ring (bicyclic) bond motifs is 5. The van der Waals surface area contributed by atoms with Crippen molar-refractivity contribution in [2.45, 2.75) is 103 Å². The molecule has 0 heterocycles. The number of carbonyl (C=O) groups is 1. The molecule has 0 radical (unpaired) electrons. The van der Waals surface area contributed by atoms with Gasteiger partial charge in [-0.25, -0.2) is 8.42 Å². The Bertz CT molecular complexity index is 1190. The molecule has 41 heavy (non-hydrogen) atoms. The second-order valence-electron chi connectivity index (χ2n) is 14.3. The Hall–Kier alpha value is -1.52. The average Bonchev–Trinajstić information content (AvgIpc) is 3.27. The molecule has 4 fully saturated rings. The lowest BCUT2D eigenvalue weighted by Crippen LogP contribution is -2.62. The molecule has 1 aromatic rings. The van der Waals surface area contributed by atoms with Crippen LogP contribution in [-0.2, 0) is 14.9 Å². The van der Waals surface area contributed by atoms with Crippen molar-refractivity contribution in [2.24, 2.45) is 46.3 Å². The zero-order chi connectivity index (χ0) is 29.7. The van der Waals surface area contributed by atoms with E-state index >= 15 is 0 Å². The van der Waals surface area contributed by atoms with E-state index in [-0.39, 0.29) is 64.8 Å². The zero-order valence-corrected chi connectivity index (χ0v) is 25.4. The zero-order valence-electron chi connectivity index (χ0n) is 24.6. The quantitative estimate of drug-likeness (QED) is 0.337. The van der Waals surface area contributed by atoms with E-state index in [0.717, 1.165) is 38.5 Å². The first-order valence-corrected chi connectivity index (χ1v) is 17.1. The van der Waals surface area contributed by atoms with Crippen molar-refractivity contribution in [1.82, 2.24) is 5.32 Å². The van der Waals surface area contributed by atoms with Crippen LogP contribution in [0.3, 0.4) is 0 Å². The van der Waals surface area contributed by atoms with Crippen LogP contribution in [0.5, 0.6) is 0 Å². The van der Waals surface area contributed by atoms with Crippen LogP contribution in [0, 0.1) is 46.3 Å². The summed E-state index contributed by atoms with van der Waals surface area (Å²) in [4.78, 5) is 13.0. The van der Waals surface area contributed by atoms with Crippen LogP contribution in [0.15, 0.2) is 30.3 Å². The predicted molar refractivity (Wildman–Crippen MR) is 154 cm³/mol. The van der Waals surface area contributed by atoms with Crippen LogP contribution in [0.2, 0.25) is 0 Å². The Kier molecular flexibility index (Phi) is 8.69. The normalized spacial score (nSPS) is 41.9. The summed E-state index contributed by atoms with van der Waals surface area (Å²) >= 11 is 0. The fourth-order valence-corrected chi connectivity index (χ4v) is 10.8. The number of benzene rings is 1. The van der Waals surface area contributed by atoms with Gasteiger partial charge in [-0.2, -0.15) is 0 Å². The maximum Gasteiger partial charge on any atom is 0.220 e. The van der Waals surface area contributed by atoms with Crippen molar-refractivity contribution in [3.05, 3.63) is 35.9 Å². The second kappa shape index (κ2) is 11.5. The van der Waals surface area contributed by atoms with Crippen molar-refractivity contribution in [3.63, 3.8) is 0 Å². The van der Waals surface area contributed by atoms with Gasteiger partial charge in [-0.15, -0.1) is 0 Å². The van der Waals surface area contributed by atoms with Crippen LogP contribution in [-0.4, -0.2) is 58.3 Å². The van der Waals surface area contributed by atoms with Crippen molar-refractivity contribution in [3.8, 4) is 0 Å². The topological polar surface area (TPSA) is 147 Å². The molecule has 0 bridgehead atoms. The molecule has 4 aliphatic rings. The molecule has 4 aliphatic carbocycles. The summed E-state index contributed by atoms with van der Waals surface area (Å²) in [7, 11) is -4.54. The van der Waals surface area contributed by atoms with Gasteiger partial charge in [0.15, 0.2) is 0 Å². The second-order valence-corrected chi connectivity index (χ2v) is 15.7. The van der Waals surface area contributed by atoms with E-state index < -0.39 is 34.1 Å². The minimum atomic E-state index is -4.54. The highest BCUT2D eigenvalue weighted by molar-refractivity contribution is 7.85. The standard InChI is InChI=1S/C32H49NO7S/c1-19(9-12-29(37)33-26(18-41(38,39)40)20-7-5-4-6-8-20)23-10-11-24-30-25(17-28(36)32(23,24)3)31(2)14-13-22(34)15-21(31)16-27(30)35/h4-8,19,21-28,30,34-36H,9-18H2,1-3H3,(H,33,37)(H,38,39,40)/p-1/t19-,21+,22-,23-,24+,25+,26+,27-,28+,30+,31+,32-/m1/s1. The lowest BCUT2D eigenvalue weighted by Gasteiger charge is -2.63. The van der Waals surface area contributed by atoms with Crippen molar-refractivity contribution in [2.75, 3.05) is 5.75 Å². The van der Waals surface area contributed by atoms with Gasteiger partial charge in [0.05, 0.1) is 40.2 Å². The Morgan fingerprint density at radius 2 is 1.76 bits per heavy atom. The van der Waals surface area contributed by atoms with Crippen LogP contribution in [0.4, 0.5) is 0 Å². The molecule has 12 atom stereocenters. The van der Waals surface area contributed by atoms with Crippen molar-refractivity contribution >= 4 is 16.0 Å². The third-order valence-corrected chi connectivity index (χ3v) is 13.0. The smallest absolute Gasteiger partial charge is 0.220 e. The fourth-order valence-electron chi connectivity index (χ4n) is 10.1. The molecule has 230 valence electrons. The summed E-state index contributed by atoms with van der Waals surface area (Å²) < 4.78 is 34.5. The summed E-state index contributed by atoms with van der Waals surface area (Å²) in [6, 6.07) is 7.78. The third kappa shape index (κ3) is 5.86. The molecular weight excluding hydrogens is 542 g/mol. The fraction of sp³-hybridized carbons (Fsp3) is 0.781. The minimum Gasteiger partial charge on any atom is -0.748 e. The number of aliphatic hydroxyl groups excluding tert-OH is 3. The Morgan fingerprint density at radius 3 is 2.44 bits per heavy atom. The highest BCUT2D eigenvalue weighted by atomic mass is 32.2. The lowest BCUT2D eigenvalue weighted by molar-refractivity contribution is -0.207. The molecule has 0 spiro atoms. The molecular formula is C32H48NO7S-. The molecule has 9 heteroatoms. The van der Waals surface area contributed by atoms with Gasteiger partial charge >= 0.3 is 0 Å². The van der Waals surface area contributed by atoms with Gasteiger partial charge in [0, 0.05) is 6.42 Å². The van der Waals surface area contributed by atoms with Crippen LogP contribution >= 0.6 is 0 Å². The van der Waals surface area contributed by atoms with Gasteiger partial charge < -0.3 is 25.2 Å². The van der Waals surface area contributed by atoms with E-state index in [9.17, 15) is 33.1 Å². The van der Waals surface area contributed by atoms with E-state index in [1.165, 1.54) is 0 Å². The molecule has 4 N–H and O–H groups in total. The van der Waals surface area contributed by atoms with E-state index in [1.54, 1.807) is 30.3 Å². The number of rotatable bonds is 8. The Labute approximate surface area is 245 Å². The van der Waals surface area contributed by atoms with E-state index in [1.807, 2.05) is 0 Å². The molecule has 0 unspecified atom stereocenters. The summed E-state index contributed by atoms with van der Waals surface area (Å²) in [5.41, 5.74) is 0.257. The highest BCUT2D eigenvalue weighted by Gasteiger charge is 2.65. The SMILES string of the molecule is C[C@H](CCC(=O)N[C@@H](CS(=O)(=O)[O-])c1ccccc1)[C@H]1CC[C@H]2[C@@H]3[C@H](O)C[C@@H]4C[C@H](O)CC[C@]4(C)[C@H]3C[C@H](O)[C@]12C. The van der Waals surface area contributed by atoms with E-state index in [4.69, 9.17) is 0 Å². The van der Waals surface area contributed by atoms with Crippen LogP contribution in [0.1, 0.15) is 90.2 Å². The molecule has 4 saturated carbocycles. The van der Waals surface area contributed by atoms with Gasteiger partial charge in [0.2, 0.25) is 5.91 Å². The van der Waals surface area contributed by atoms with Crippen LogP contribution < -0.4 is 5.32 Å². The molecule has 0 saturated heterocycles. The molecule has 1 amide bonds.